The van der Waals surface area contributed by atoms with Crippen LogP contribution >= 0.6 is 0 Å². The topological polar surface area (TPSA) is 69.6 Å². The van der Waals surface area contributed by atoms with Gasteiger partial charge in [-0.25, -0.2) is 4.98 Å². The molecule has 4 aromatic rings. The molecule has 0 spiro atoms. The van der Waals surface area contributed by atoms with Crippen molar-refractivity contribution in [1.82, 2.24) is 15.0 Å². The molecule has 8 heteroatoms. The Morgan fingerprint density at radius 2 is 1.51 bits per heavy atom. The third-order valence-corrected chi connectivity index (χ3v) is 11.6. The van der Waals surface area contributed by atoms with Gasteiger partial charge in [0.15, 0.2) is 8.32 Å². The summed E-state index contributed by atoms with van der Waals surface area (Å²) >= 11 is 0. The molecule has 0 aliphatic rings. The van der Waals surface area contributed by atoms with E-state index < -0.39 is 8.32 Å². The van der Waals surface area contributed by atoms with Crippen molar-refractivity contribution in [2.75, 3.05) is 32.3 Å². The molecule has 0 saturated carbocycles. The molecule has 0 unspecified atom stereocenters. The first-order chi connectivity index (χ1) is 17.6. The van der Waals surface area contributed by atoms with E-state index in [0.717, 1.165) is 45.2 Å². The van der Waals surface area contributed by atoms with Crippen LogP contribution in [-0.2, 0) is 4.43 Å². The number of rotatable bonds is 9. The SMILES string of the molecule is COc1cc(OC)cc(N(CCO[Si](C)(C)C(C)(C)C)c2ccc3ncc(-c4ccncc4)nc3c2)c1. The maximum Gasteiger partial charge on any atom is 0.192 e. The molecule has 0 saturated heterocycles. The Labute approximate surface area is 220 Å². The molecule has 0 bridgehead atoms. The van der Waals surface area contributed by atoms with E-state index in [-0.39, 0.29) is 5.04 Å². The Hall–Kier alpha value is -3.49. The molecule has 0 fully saturated rings. The normalized spacial score (nSPS) is 12.0. The van der Waals surface area contributed by atoms with Crippen LogP contribution in [0.1, 0.15) is 20.8 Å². The number of hydrogen-bond donors (Lipinski definition) is 0. The Balaban J connectivity index is 1.74. The van der Waals surface area contributed by atoms with E-state index in [9.17, 15) is 0 Å². The summed E-state index contributed by atoms with van der Waals surface area (Å²) in [7, 11) is 1.42. The summed E-state index contributed by atoms with van der Waals surface area (Å²) in [6.45, 7) is 12.6. The second kappa shape index (κ2) is 10.9. The Morgan fingerprint density at radius 1 is 0.838 bits per heavy atom. The highest BCUT2D eigenvalue weighted by molar-refractivity contribution is 6.74. The predicted octanol–water partition coefficient (Wildman–Crippen LogP) is 6.87. The van der Waals surface area contributed by atoms with Gasteiger partial charge in [-0.05, 0) is 48.5 Å². The van der Waals surface area contributed by atoms with Gasteiger partial charge in [-0.15, -0.1) is 0 Å². The van der Waals surface area contributed by atoms with Gasteiger partial charge in [0.05, 0.1) is 43.8 Å². The third kappa shape index (κ3) is 6.09. The highest BCUT2D eigenvalue weighted by Crippen LogP contribution is 2.37. The molecule has 0 amide bonds. The number of methoxy groups -OCH3 is 2. The predicted molar refractivity (Wildman–Crippen MR) is 152 cm³/mol. The number of fused-ring (bicyclic) bond motifs is 1. The fraction of sp³-hybridized carbons (Fsp3) is 0.345. The van der Waals surface area contributed by atoms with Gasteiger partial charge in [-0.2, -0.15) is 0 Å². The third-order valence-electron chi connectivity index (χ3n) is 7.05. The van der Waals surface area contributed by atoms with Gasteiger partial charge < -0.3 is 18.8 Å². The molecule has 7 nitrogen and oxygen atoms in total. The lowest BCUT2D eigenvalue weighted by atomic mass is 10.1. The summed E-state index contributed by atoms with van der Waals surface area (Å²) in [6, 6.07) is 15.9. The van der Waals surface area contributed by atoms with Gasteiger partial charge in [0.2, 0.25) is 0 Å². The second-order valence-electron chi connectivity index (χ2n) is 10.5. The standard InChI is InChI=1S/C29H36N4O3Si/c1-29(2,3)37(6,7)36-15-14-33(23-16-24(34-4)19-25(17-23)35-5)22-8-9-26-27(18-22)32-28(20-31-26)21-10-12-30-13-11-21/h8-13,16-20H,14-15H2,1-7H3. The van der Waals surface area contributed by atoms with Crippen molar-refractivity contribution in [2.45, 2.75) is 38.9 Å². The van der Waals surface area contributed by atoms with Crippen LogP contribution in [0.25, 0.3) is 22.3 Å². The summed E-state index contributed by atoms with van der Waals surface area (Å²) in [6.07, 6.45) is 5.32. The van der Waals surface area contributed by atoms with Gasteiger partial charge >= 0.3 is 0 Å². The van der Waals surface area contributed by atoms with E-state index in [0.29, 0.717) is 13.2 Å². The molecule has 2 aromatic carbocycles. The number of aromatic nitrogens is 3. The quantitative estimate of drug-likeness (QED) is 0.225. The van der Waals surface area contributed by atoms with Gasteiger partial charge in [0.1, 0.15) is 11.5 Å². The maximum atomic E-state index is 6.55. The van der Waals surface area contributed by atoms with Crippen LogP contribution in [0.3, 0.4) is 0 Å². The first-order valence-corrected chi connectivity index (χ1v) is 15.3. The zero-order valence-corrected chi connectivity index (χ0v) is 23.8. The minimum absolute atomic E-state index is 0.138. The summed E-state index contributed by atoms with van der Waals surface area (Å²) in [5.41, 5.74) is 5.38. The van der Waals surface area contributed by atoms with Crippen molar-refractivity contribution in [3.05, 3.63) is 67.1 Å². The summed E-state index contributed by atoms with van der Waals surface area (Å²) < 4.78 is 17.7. The van der Waals surface area contributed by atoms with E-state index in [4.69, 9.17) is 18.9 Å². The monoisotopic (exact) mass is 516 g/mol. The van der Waals surface area contributed by atoms with Crippen molar-refractivity contribution in [1.29, 1.82) is 0 Å². The molecule has 37 heavy (non-hydrogen) atoms. The van der Waals surface area contributed by atoms with Crippen LogP contribution in [-0.4, -0.2) is 50.6 Å². The molecule has 2 aromatic heterocycles. The smallest absolute Gasteiger partial charge is 0.192 e. The Morgan fingerprint density at radius 3 is 2.14 bits per heavy atom. The van der Waals surface area contributed by atoms with E-state index in [1.54, 1.807) is 32.8 Å². The number of ether oxygens (including phenoxy) is 2. The molecule has 0 atom stereocenters. The van der Waals surface area contributed by atoms with Crippen molar-refractivity contribution < 1.29 is 13.9 Å². The number of anilines is 2. The molecule has 0 aliphatic heterocycles. The Bertz CT molecular complexity index is 1330. The largest absolute Gasteiger partial charge is 0.497 e. The lowest BCUT2D eigenvalue weighted by Crippen LogP contribution is -2.42. The molecule has 2 heterocycles. The zero-order valence-electron chi connectivity index (χ0n) is 22.8. The lowest BCUT2D eigenvalue weighted by Gasteiger charge is -2.37. The van der Waals surface area contributed by atoms with Crippen LogP contribution in [0.15, 0.2) is 67.1 Å². The van der Waals surface area contributed by atoms with Crippen LogP contribution in [0.5, 0.6) is 11.5 Å². The Kier molecular flexibility index (Phi) is 7.80. The van der Waals surface area contributed by atoms with Crippen LogP contribution in [0.2, 0.25) is 18.1 Å². The zero-order chi connectivity index (χ0) is 26.6. The summed E-state index contributed by atoms with van der Waals surface area (Å²) in [5.74, 6) is 1.45. The average Bonchev–Trinajstić information content (AvgIpc) is 2.90. The van der Waals surface area contributed by atoms with E-state index >= 15 is 0 Å². The van der Waals surface area contributed by atoms with E-state index in [2.05, 4.69) is 60.9 Å². The summed E-state index contributed by atoms with van der Waals surface area (Å²) in [4.78, 5) is 15.9. The van der Waals surface area contributed by atoms with Crippen molar-refractivity contribution in [2.24, 2.45) is 0 Å². The van der Waals surface area contributed by atoms with Crippen molar-refractivity contribution >= 4 is 30.7 Å². The van der Waals surface area contributed by atoms with Crippen molar-refractivity contribution in [3.63, 3.8) is 0 Å². The molecule has 4 rings (SSSR count). The van der Waals surface area contributed by atoms with Gasteiger partial charge in [-0.3, -0.25) is 9.97 Å². The maximum absolute atomic E-state index is 6.55. The molecule has 194 valence electrons. The lowest BCUT2D eigenvalue weighted by molar-refractivity contribution is 0.297. The highest BCUT2D eigenvalue weighted by atomic mass is 28.4. The number of benzene rings is 2. The highest BCUT2D eigenvalue weighted by Gasteiger charge is 2.37. The second-order valence-corrected chi connectivity index (χ2v) is 15.3. The minimum atomic E-state index is -1.90. The van der Waals surface area contributed by atoms with Gasteiger partial charge in [-0.1, -0.05) is 20.8 Å². The van der Waals surface area contributed by atoms with Crippen LogP contribution in [0, 0.1) is 0 Å². The number of pyridine rings is 1. The summed E-state index contributed by atoms with van der Waals surface area (Å²) in [5, 5.41) is 0.138. The first kappa shape index (κ1) is 26.6. The van der Waals surface area contributed by atoms with Crippen LogP contribution in [0.4, 0.5) is 11.4 Å². The molecular weight excluding hydrogens is 480 g/mol. The molecule has 0 aliphatic carbocycles. The van der Waals surface area contributed by atoms with Crippen LogP contribution < -0.4 is 14.4 Å². The first-order valence-electron chi connectivity index (χ1n) is 12.4. The van der Waals surface area contributed by atoms with Gasteiger partial charge in [0.25, 0.3) is 0 Å². The fourth-order valence-electron chi connectivity index (χ4n) is 3.79. The fourth-order valence-corrected chi connectivity index (χ4v) is 4.83. The minimum Gasteiger partial charge on any atom is -0.497 e. The molecule has 0 radical (unpaired) electrons. The van der Waals surface area contributed by atoms with Gasteiger partial charge in [0, 0.05) is 54.1 Å². The molecular formula is C29H36N4O3Si. The molecule has 0 N–H and O–H groups in total. The van der Waals surface area contributed by atoms with E-state index in [1.807, 2.05) is 36.4 Å². The van der Waals surface area contributed by atoms with E-state index in [1.165, 1.54) is 0 Å². The number of nitrogens with zero attached hydrogens (tertiary/aromatic N) is 4. The average molecular weight is 517 g/mol. The van der Waals surface area contributed by atoms with Crippen molar-refractivity contribution in [3.8, 4) is 22.8 Å². The number of hydrogen-bond acceptors (Lipinski definition) is 7.